The van der Waals surface area contributed by atoms with Crippen molar-refractivity contribution in [2.24, 2.45) is 0 Å². The summed E-state index contributed by atoms with van der Waals surface area (Å²) < 4.78 is 3.82. The molecule has 1 heterocycles. The van der Waals surface area contributed by atoms with Crippen LogP contribution in [0.25, 0.3) is 5.69 Å². The first-order valence-corrected chi connectivity index (χ1v) is 6.18. The van der Waals surface area contributed by atoms with Crippen LogP contribution in [0, 0.1) is 14.3 Å². The van der Waals surface area contributed by atoms with Crippen molar-refractivity contribution >= 4 is 45.2 Å². The Morgan fingerprint density at radius 1 is 1.14 bits per heavy atom. The first-order chi connectivity index (χ1) is 6.68. The van der Waals surface area contributed by atoms with Crippen molar-refractivity contribution < 1.29 is 0 Å². The highest BCUT2D eigenvalue weighted by molar-refractivity contribution is 14.1. The van der Waals surface area contributed by atoms with E-state index in [1.54, 1.807) is 0 Å². The minimum Gasteiger partial charge on any atom is -0.206 e. The summed E-state index contributed by atoms with van der Waals surface area (Å²) in [6.45, 7) is 2.07. The van der Waals surface area contributed by atoms with Crippen molar-refractivity contribution in [3.05, 3.63) is 37.2 Å². The molecule has 3 nitrogen and oxygen atoms in total. The van der Waals surface area contributed by atoms with E-state index in [1.165, 1.54) is 5.56 Å². The molecule has 1 aromatic carbocycles. The third kappa shape index (κ3) is 1.92. The number of aryl methyl sites for hydroxylation is 1. The second-order valence-electron chi connectivity index (χ2n) is 2.92. The number of aromatic nitrogens is 3. The summed E-state index contributed by atoms with van der Waals surface area (Å²) in [4.78, 5) is 0. The van der Waals surface area contributed by atoms with Crippen LogP contribution in [0.2, 0.25) is 0 Å². The minimum atomic E-state index is 0.934. The molecule has 0 saturated carbocycles. The zero-order valence-electron chi connectivity index (χ0n) is 7.41. The number of hydrogen-bond acceptors (Lipinski definition) is 2. The Bertz CT molecular complexity index is 448. The molecule has 14 heavy (non-hydrogen) atoms. The van der Waals surface area contributed by atoms with Gasteiger partial charge < -0.3 is 0 Å². The molecule has 0 saturated heterocycles. The van der Waals surface area contributed by atoms with Gasteiger partial charge in [-0.3, -0.25) is 0 Å². The zero-order chi connectivity index (χ0) is 10.1. The molecule has 0 aliphatic heterocycles. The van der Waals surface area contributed by atoms with E-state index >= 15 is 0 Å². The highest BCUT2D eigenvalue weighted by Crippen LogP contribution is 2.16. The normalized spacial score (nSPS) is 10.5. The molecule has 0 spiro atoms. The predicted molar refractivity (Wildman–Crippen MR) is 71.5 cm³/mol. The molecule has 1 aromatic heterocycles. The van der Waals surface area contributed by atoms with Crippen molar-refractivity contribution in [1.82, 2.24) is 15.0 Å². The van der Waals surface area contributed by atoms with Gasteiger partial charge in [0.1, 0.15) is 3.70 Å². The minimum absolute atomic E-state index is 0.934. The maximum Gasteiger partial charge on any atom is 0.157 e. The first-order valence-electron chi connectivity index (χ1n) is 4.02. The van der Waals surface area contributed by atoms with Crippen LogP contribution in [0.4, 0.5) is 0 Å². The van der Waals surface area contributed by atoms with Gasteiger partial charge in [-0.1, -0.05) is 22.9 Å². The van der Waals surface area contributed by atoms with Crippen LogP contribution in [-0.4, -0.2) is 15.0 Å². The van der Waals surface area contributed by atoms with Crippen LogP contribution in [0.3, 0.4) is 0 Å². The van der Waals surface area contributed by atoms with Crippen LogP contribution >= 0.6 is 45.2 Å². The molecule has 0 radical (unpaired) electrons. The van der Waals surface area contributed by atoms with Crippen LogP contribution in [0.5, 0.6) is 0 Å². The Balaban J connectivity index is 2.49. The molecule has 0 N–H and O–H groups in total. The maximum atomic E-state index is 4.07. The van der Waals surface area contributed by atoms with Gasteiger partial charge in [0.15, 0.2) is 3.70 Å². The van der Waals surface area contributed by atoms with E-state index in [9.17, 15) is 0 Å². The average Bonchev–Trinajstić information content (AvgIpc) is 2.50. The summed E-state index contributed by atoms with van der Waals surface area (Å²) in [5.41, 5.74) is 2.30. The summed E-state index contributed by atoms with van der Waals surface area (Å²) in [7, 11) is 0. The Kier molecular flexibility index (Phi) is 3.05. The quantitative estimate of drug-likeness (QED) is 0.677. The Hall–Kier alpha value is -0.180. The van der Waals surface area contributed by atoms with Crippen molar-refractivity contribution in [2.75, 3.05) is 0 Å². The third-order valence-electron chi connectivity index (χ3n) is 1.86. The summed E-state index contributed by atoms with van der Waals surface area (Å²) >= 11 is 4.42. The zero-order valence-corrected chi connectivity index (χ0v) is 11.7. The SMILES string of the molecule is Cc1ccc(-n2nnc(I)c2I)cc1. The lowest BCUT2D eigenvalue weighted by atomic mass is 10.2. The number of halogens is 2. The van der Waals surface area contributed by atoms with E-state index in [2.05, 4.69) is 74.6 Å². The van der Waals surface area contributed by atoms with Crippen LogP contribution < -0.4 is 0 Å². The summed E-state index contributed by atoms with van der Waals surface area (Å²) in [5.74, 6) is 0. The fourth-order valence-corrected chi connectivity index (χ4v) is 1.91. The standard InChI is InChI=1S/C9H7I2N3/c1-6-2-4-7(5-3-6)14-9(11)8(10)12-13-14/h2-5H,1H3. The van der Waals surface area contributed by atoms with E-state index < -0.39 is 0 Å². The van der Waals surface area contributed by atoms with Crippen molar-refractivity contribution in [1.29, 1.82) is 0 Å². The molecule has 0 fully saturated rings. The van der Waals surface area contributed by atoms with E-state index in [1.807, 2.05) is 16.8 Å². The Morgan fingerprint density at radius 2 is 1.79 bits per heavy atom. The smallest absolute Gasteiger partial charge is 0.157 e. The third-order valence-corrected chi connectivity index (χ3v) is 4.58. The van der Waals surface area contributed by atoms with E-state index in [4.69, 9.17) is 0 Å². The molecule has 0 bridgehead atoms. The number of hydrogen-bond donors (Lipinski definition) is 0. The maximum absolute atomic E-state index is 4.07. The highest BCUT2D eigenvalue weighted by Gasteiger charge is 2.07. The van der Waals surface area contributed by atoms with Gasteiger partial charge in [-0.15, -0.1) is 5.10 Å². The molecule has 2 rings (SSSR count). The molecule has 0 atom stereocenters. The summed E-state index contributed by atoms with van der Waals surface area (Å²) in [6.07, 6.45) is 0. The molecule has 5 heteroatoms. The van der Waals surface area contributed by atoms with Gasteiger partial charge in [-0.2, -0.15) is 0 Å². The van der Waals surface area contributed by atoms with E-state index in [-0.39, 0.29) is 0 Å². The van der Waals surface area contributed by atoms with Crippen LogP contribution in [0.15, 0.2) is 24.3 Å². The van der Waals surface area contributed by atoms with Crippen molar-refractivity contribution in [3.63, 3.8) is 0 Å². The van der Waals surface area contributed by atoms with E-state index in [0.717, 1.165) is 13.1 Å². The van der Waals surface area contributed by atoms with Gasteiger partial charge in [-0.25, -0.2) is 4.68 Å². The van der Waals surface area contributed by atoms with Crippen LogP contribution in [0.1, 0.15) is 5.56 Å². The van der Waals surface area contributed by atoms with Crippen molar-refractivity contribution in [3.8, 4) is 5.69 Å². The first kappa shape index (κ1) is 10.3. The highest BCUT2D eigenvalue weighted by atomic mass is 127. The van der Waals surface area contributed by atoms with Gasteiger partial charge in [0.2, 0.25) is 0 Å². The molecule has 0 unspecified atom stereocenters. The predicted octanol–water partition coefficient (Wildman–Crippen LogP) is 2.78. The lowest BCUT2D eigenvalue weighted by Gasteiger charge is -2.01. The van der Waals surface area contributed by atoms with E-state index in [0.29, 0.717) is 0 Å². The average molecular weight is 411 g/mol. The molecule has 0 aliphatic carbocycles. The molecule has 72 valence electrons. The molecule has 2 aromatic rings. The second-order valence-corrected chi connectivity index (χ2v) is 4.96. The lowest BCUT2D eigenvalue weighted by Crippen LogP contribution is -1.98. The monoisotopic (exact) mass is 411 g/mol. The molecular formula is C9H7I2N3. The van der Waals surface area contributed by atoms with Gasteiger partial charge in [-0.05, 0) is 64.2 Å². The Labute approximate surface area is 109 Å². The Morgan fingerprint density at radius 3 is 2.29 bits per heavy atom. The van der Waals surface area contributed by atoms with Crippen molar-refractivity contribution in [2.45, 2.75) is 6.92 Å². The molecule has 0 amide bonds. The molecule has 0 aliphatic rings. The second kappa shape index (κ2) is 4.13. The number of nitrogens with zero attached hydrogens (tertiary/aromatic N) is 3. The molecular weight excluding hydrogens is 404 g/mol. The van der Waals surface area contributed by atoms with Gasteiger partial charge >= 0.3 is 0 Å². The summed E-state index contributed by atoms with van der Waals surface area (Å²) in [6, 6.07) is 8.23. The van der Waals surface area contributed by atoms with Gasteiger partial charge in [0, 0.05) is 0 Å². The largest absolute Gasteiger partial charge is 0.206 e. The fraction of sp³-hybridized carbons (Fsp3) is 0.111. The van der Waals surface area contributed by atoms with Crippen LogP contribution in [-0.2, 0) is 0 Å². The lowest BCUT2D eigenvalue weighted by molar-refractivity contribution is 0.789. The number of benzene rings is 1. The topological polar surface area (TPSA) is 30.7 Å². The number of rotatable bonds is 1. The van der Waals surface area contributed by atoms with Gasteiger partial charge in [0.05, 0.1) is 5.69 Å². The summed E-state index contributed by atoms with van der Waals surface area (Å²) in [5, 5.41) is 8.07. The van der Waals surface area contributed by atoms with Gasteiger partial charge in [0.25, 0.3) is 0 Å². The fourth-order valence-electron chi connectivity index (χ4n) is 1.10.